The van der Waals surface area contributed by atoms with E-state index in [2.05, 4.69) is 39.8 Å². The molecule has 0 amide bonds. The Bertz CT molecular complexity index is 239. The minimum atomic E-state index is -0.158. The molecule has 2 heteroatoms. The van der Waals surface area contributed by atoms with E-state index < -0.39 is 0 Å². The van der Waals surface area contributed by atoms with Gasteiger partial charge in [0.15, 0.2) is 0 Å². The lowest BCUT2D eigenvalue weighted by molar-refractivity contribution is -0.0478. The van der Waals surface area contributed by atoms with Crippen molar-refractivity contribution in [2.24, 2.45) is 11.8 Å². The van der Waals surface area contributed by atoms with E-state index >= 15 is 0 Å². The molecule has 1 rings (SSSR count). The van der Waals surface area contributed by atoms with E-state index in [0.717, 1.165) is 37.5 Å². The van der Waals surface area contributed by atoms with Crippen molar-refractivity contribution in [1.82, 2.24) is 4.90 Å². The Morgan fingerprint density at radius 1 is 1.28 bits per heavy atom. The summed E-state index contributed by atoms with van der Waals surface area (Å²) in [6.07, 6.45) is 8.10. The fraction of sp³-hybridized carbons (Fsp3) is 1.00. The molecule has 0 bridgehead atoms. The highest BCUT2D eigenvalue weighted by atomic mass is 16.3. The number of likely N-dealkylation sites (N-methyl/N-ethyl adjacent to an activating group) is 1. The quantitative estimate of drug-likeness (QED) is 0.782. The fourth-order valence-corrected chi connectivity index (χ4v) is 3.56. The first-order valence-electron chi connectivity index (χ1n) is 7.74. The van der Waals surface area contributed by atoms with Crippen molar-refractivity contribution < 1.29 is 5.11 Å². The fourth-order valence-electron chi connectivity index (χ4n) is 3.56. The molecule has 0 radical (unpaired) electrons. The molecule has 0 heterocycles. The number of aliphatic hydroxyl groups excluding tert-OH is 1. The second-order valence-corrected chi connectivity index (χ2v) is 7.04. The van der Waals surface area contributed by atoms with Crippen LogP contribution >= 0.6 is 0 Å². The van der Waals surface area contributed by atoms with Gasteiger partial charge in [-0.05, 0) is 45.2 Å². The second kappa shape index (κ2) is 6.91. The third-order valence-electron chi connectivity index (χ3n) is 4.78. The topological polar surface area (TPSA) is 23.5 Å². The average Bonchev–Trinajstić information content (AvgIpc) is 2.27. The lowest BCUT2D eigenvalue weighted by atomic mass is 9.71. The van der Waals surface area contributed by atoms with E-state index in [-0.39, 0.29) is 11.6 Å². The van der Waals surface area contributed by atoms with E-state index in [9.17, 15) is 5.11 Å². The number of rotatable bonds is 6. The van der Waals surface area contributed by atoms with Crippen LogP contribution < -0.4 is 0 Å². The molecule has 1 fully saturated rings. The SMILES string of the molecule is CC(C)CCCC(O)C1(N(C)C)CCCC(C)C1. The number of hydrogen-bond acceptors (Lipinski definition) is 2. The zero-order chi connectivity index (χ0) is 13.8. The van der Waals surface area contributed by atoms with Gasteiger partial charge in [0.05, 0.1) is 6.10 Å². The molecule has 0 aromatic rings. The molecule has 1 aliphatic carbocycles. The molecule has 108 valence electrons. The molecule has 1 saturated carbocycles. The Morgan fingerprint density at radius 3 is 2.44 bits per heavy atom. The third-order valence-corrected chi connectivity index (χ3v) is 4.78. The number of nitrogens with zero attached hydrogens (tertiary/aromatic N) is 1. The minimum Gasteiger partial charge on any atom is -0.391 e. The smallest absolute Gasteiger partial charge is 0.0723 e. The maximum absolute atomic E-state index is 10.7. The summed E-state index contributed by atoms with van der Waals surface area (Å²) in [6.45, 7) is 6.85. The van der Waals surface area contributed by atoms with Gasteiger partial charge in [-0.2, -0.15) is 0 Å². The second-order valence-electron chi connectivity index (χ2n) is 7.04. The summed E-state index contributed by atoms with van der Waals surface area (Å²) < 4.78 is 0. The molecule has 0 spiro atoms. The van der Waals surface area contributed by atoms with Crippen LogP contribution in [0.2, 0.25) is 0 Å². The monoisotopic (exact) mass is 255 g/mol. The van der Waals surface area contributed by atoms with Crippen LogP contribution in [0.3, 0.4) is 0 Å². The summed E-state index contributed by atoms with van der Waals surface area (Å²) in [5, 5.41) is 10.7. The number of hydrogen-bond donors (Lipinski definition) is 1. The standard InChI is InChI=1S/C16H33NO/c1-13(2)8-6-10-15(18)16(17(4)5)11-7-9-14(3)12-16/h13-15,18H,6-12H2,1-5H3. The molecule has 0 saturated heterocycles. The Morgan fingerprint density at radius 2 is 1.94 bits per heavy atom. The van der Waals surface area contributed by atoms with Crippen molar-refractivity contribution in [2.75, 3.05) is 14.1 Å². The summed E-state index contributed by atoms with van der Waals surface area (Å²) in [5.41, 5.74) is 0.0364. The predicted molar refractivity (Wildman–Crippen MR) is 78.7 cm³/mol. The largest absolute Gasteiger partial charge is 0.391 e. The molecule has 2 nitrogen and oxygen atoms in total. The Kier molecular flexibility index (Phi) is 6.13. The summed E-state index contributed by atoms with van der Waals surface area (Å²) in [5.74, 6) is 1.50. The normalized spacial score (nSPS) is 31.0. The van der Waals surface area contributed by atoms with Gasteiger partial charge in [-0.15, -0.1) is 0 Å². The van der Waals surface area contributed by atoms with Crippen molar-refractivity contribution in [3.8, 4) is 0 Å². The Hall–Kier alpha value is -0.0800. The van der Waals surface area contributed by atoms with Crippen molar-refractivity contribution >= 4 is 0 Å². The Balaban J connectivity index is 2.60. The zero-order valence-corrected chi connectivity index (χ0v) is 13.1. The van der Waals surface area contributed by atoms with E-state index in [1.807, 2.05) is 0 Å². The number of aliphatic hydroxyl groups is 1. The molecule has 1 N–H and O–H groups in total. The molecule has 0 aromatic heterocycles. The van der Waals surface area contributed by atoms with Gasteiger partial charge in [0, 0.05) is 5.54 Å². The van der Waals surface area contributed by atoms with Gasteiger partial charge in [0.25, 0.3) is 0 Å². The van der Waals surface area contributed by atoms with Gasteiger partial charge in [-0.1, -0.05) is 46.5 Å². The average molecular weight is 255 g/mol. The first kappa shape index (κ1) is 16.0. The first-order chi connectivity index (χ1) is 8.38. The summed E-state index contributed by atoms with van der Waals surface area (Å²) >= 11 is 0. The summed E-state index contributed by atoms with van der Waals surface area (Å²) in [4.78, 5) is 2.29. The van der Waals surface area contributed by atoms with Gasteiger partial charge < -0.3 is 10.0 Å². The van der Waals surface area contributed by atoms with Crippen molar-refractivity contribution in [3.63, 3.8) is 0 Å². The molecular formula is C16H33NO. The van der Waals surface area contributed by atoms with Crippen LogP contribution in [0.4, 0.5) is 0 Å². The van der Waals surface area contributed by atoms with Gasteiger partial charge in [-0.25, -0.2) is 0 Å². The van der Waals surface area contributed by atoms with Crippen molar-refractivity contribution in [3.05, 3.63) is 0 Å². The van der Waals surface area contributed by atoms with E-state index in [1.54, 1.807) is 0 Å². The molecule has 1 aliphatic rings. The van der Waals surface area contributed by atoms with Gasteiger partial charge in [-0.3, -0.25) is 0 Å². The van der Waals surface area contributed by atoms with E-state index in [0.29, 0.717) is 0 Å². The van der Waals surface area contributed by atoms with E-state index in [1.165, 1.54) is 19.3 Å². The molecule has 0 aromatic carbocycles. The van der Waals surface area contributed by atoms with Crippen LogP contribution in [0.5, 0.6) is 0 Å². The molecule has 18 heavy (non-hydrogen) atoms. The minimum absolute atomic E-state index is 0.0364. The first-order valence-corrected chi connectivity index (χ1v) is 7.74. The lowest BCUT2D eigenvalue weighted by Gasteiger charge is -2.48. The molecular weight excluding hydrogens is 222 g/mol. The maximum atomic E-state index is 10.7. The van der Waals surface area contributed by atoms with E-state index in [4.69, 9.17) is 0 Å². The highest BCUT2D eigenvalue weighted by Crippen LogP contribution is 2.39. The Labute approximate surface area is 114 Å². The highest BCUT2D eigenvalue weighted by Gasteiger charge is 2.42. The van der Waals surface area contributed by atoms with Crippen LogP contribution in [0.25, 0.3) is 0 Å². The van der Waals surface area contributed by atoms with Crippen LogP contribution in [0.1, 0.15) is 65.7 Å². The molecule has 3 atom stereocenters. The molecule has 3 unspecified atom stereocenters. The lowest BCUT2D eigenvalue weighted by Crippen LogP contribution is -2.56. The van der Waals surface area contributed by atoms with Crippen LogP contribution in [0.15, 0.2) is 0 Å². The maximum Gasteiger partial charge on any atom is 0.0723 e. The van der Waals surface area contributed by atoms with Crippen molar-refractivity contribution in [2.45, 2.75) is 77.4 Å². The highest BCUT2D eigenvalue weighted by molar-refractivity contribution is 4.98. The van der Waals surface area contributed by atoms with Crippen LogP contribution in [-0.2, 0) is 0 Å². The molecule has 0 aliphatic heterocycles. The van der Waals surface area contributed by atoms with Crippen LogP contribution in [0, 0.1) is 11.8 Å². The van der Waals surface area contributed by atoms with Gasteiger partial charge in [0.2, 0.25) is 0 Å². The van der Waals surface area contributed by atoms with Gasteiger partial charge in [0.1, 0.15) is 0 Å². The summed E-state index contributed by atoms with van der Waals surface area (Å²) in [6, 6.07) is 0. The van der Waals surface area contributed by atoms with Crippen LogP contribution in [-0.4, -0.2) is 35.7 Å². The third kappa shape index (κ3) is 3.96. The summed E-state index contributed by atoms with van der Waals surface area (Å²) in [7, 11) is 4.29. The predicted octanol–water partition coefficient (Wildman–Crippen LogP) is 3.68. The van der Waals surface area contributed by atoms with Crippen molar-refractivity contribution in [1.29, 1.82) is 0 Å². The zero-order valence-electron chi connectivity index (χ0n) is 13.1. The van der Waals surface area contributed by atoms with Gasteiger partial charge >= 0.3 is 0 Å².